The Kier molecular flexibility index (Phi) is 3.74. The van der Waals surface area contributed by atoms with E-state index in [-0.39, 0.29) is 5.97 Å². The van der Waals surface area contributed by atoms with Gasteiger partial charge in [-0.25, -0.2) is 4.79 Å². The van der Waals surface area contributed by atoms with Crippen LogP contribution in [-0.2, 0) is 9.53 Å². The Morgan fingerprint density at radius 3 is 2.77 bits per heavy atom. The molecule has 0 bridgehead atoms. The lowest BCUT2D eigenvalue weighted by atomic mass is 10.1. The molecule has 2 nitrogen and oxygen atoms in total. The third-order valence-corrected chi connectivity index (χ3v) is 3.04. The molecular formula is C9H14BO2P. The highest BCUT2D eigenvalue weighted by molar-refractivity contribution is 7.66. The van der Waals surface area contributed by atoms with Crippen LogP contribution in [0.5, 0.6) is 0 Å². The van der Waals surface area contributed by atoms with Gasteiger partial charge in [0, 0.05) is 11.1 Å². The van der Waals surface area contributed by atoms with Crippen LogP contribution < -0.4 is 0 Å². The molecule has 0 aliphatic carbocycles. The molecule has 0 aromatic carbocycles. The summed E-state index contributed by atoms with van der Waals surface area (Å²) in [6, 6.07) is 0. The maximum absolute atomic E-state index is 11.3. The van der Waals surface area contributed by atoms with E-state index in [1.807, 2.05) is 6.92 Å². The molecule has 0 saturated carbocycles. The highest BCUT2D eigenvalue weighted by Gasteiger charge is 2.24. The molecule has 1 unspecified atom stereocenters. The van der Waals surface area contributed by atoms with Gasteiger partial charge in [0.25, 0.3) is 0 Å². The van der Waals surface area contributed by atoms with Crippen molar-refractivity contribution in [2.24, 2.45) is 0 Å². The van der Waals surface area contributed by atoms with Crippen molar-refractivity contribution in [2.45, 2.75) is 19.8 Å². The van der Waals surface area contributed by atoms with Crippen LogP contribution in [0.1, 0.15) is 19.8 Å². The summed E-state index contributed by atoms with van der Waals surface area (Å²) < 4.78 is 4.91. The van der Waals surface area contributed by atoms with Gasteiger partial charge >= 0.3 is 5.97 Å². The van der Waals surface area contributed by atoms with E-state index in [0.29, 0.717) is 5.76 Å². The fraction of sp³-hybridized carbons (Fsp3) is 0.444. The Hall–Kier alpha value is -0.555. The fourth-order valence-corrected chi connectivity index (χ4v) is 1.83. The number of ether oxygens (including phenoxy) is 1. The van der Waals surface area contributed by atoms with E-state index < -0.39 is 0 Å². The highest BCUT2D eigenvalue weighted by Crippen LogP contribution is 2.27. The summed E-state index contributed by atoms with van der Waals surface area (Å²) in [6.45, 7) is 5.56. The lowest BCUT2D eigenvalue weighted by Crippen LogP contribution is -1.99. The zero-order valence-corrected chi connectivity index (χ0v) is 9.14. The van der Waals surface area contributed by atoms with Crippen LogP contribution in [-0.4, -0.2) is 19.7 Å². The van der Waals surface area contributed by atoms with Gasteiger partial charge in [-0.2, -0.15) is 8.46 Å². The lowest BCUT2D eigenvalue weighted by molar-refractivity contribution is -0.133. The summed E-state index contributed by atoms with van der Waals surface area (Å²) in [5, 5.41) is 0. The Labute approximate surface area is 81.6 Å². The minimum atomic E-state index is -0.193. The van der Waals surface area contributed by atoms with E-state index in [2.05, 4.69) is 14.1 Å². The zero-order valence-electron chi connectivity index (χ0n) is 8.14. The maximum atomic E-state index is 11.3. The van der Waals surface area contributed by atoms with Crippen molar-refractivity contribution < 1.29 is 9.53 Å². The molecule has 1 atom stereocenters. The molecule has 1 heterocycles. The molecule has 0 aromatic rings. The summed E-state index contributed by atoms with van der Waals surface area (Å²) in [6.07, 6.45) is 3.10. The second-order valence-electron chi connectivity index (χ2n) is 3.12. The minimum Gasteiger partial charge on any atom is -0.424 e. The first-order chi connectivity index (χ1) is 6.16. The molecule has 0 N–H and O–H groups in total. The van der Waals surface area contributed by atoms with E-state index in [1.165, 1.54) is 6.16 Å². The normalized spacial score (nSPS) is 17.6. The van der Waals surface area contributed by atoms with Crippen molar-refractivity contribution in [2.75, 3.05) is 6.16 Å². The standard InChI is InChI=1S/C9H14BO2P/c1-6-7(2)12-9(11)8(6)4-3-5-13-10/h13H,2-5,10H2,1H3. The van der Waals surface area contributed by atoms with Gasteiger partial charge in [0.2, 0.25) is 0 Å². The lowest BCUT2D eigenvalue weighted by Gasteiger charge is -1.98. The van der Waals surface area contributed by atoms with Gasteiger partial charge < -0.3 is 4.74 Å². The highest BCUT2D eigenvalue weighted by atomic mass is 31.1. The molecule has 13 heavy (non-hydrogen) atoms. The number of carbonyl (C=O) groups excluding carboxylic acids is 1. The molecule has 4 heteroatoms. The topological polar surface area (TPSA) is 26.3 Å². The molecule has 1 rings (SSSR count). The van der Waals surface area contributed by atoms with Crippen molar-refractivity contribution in [1.82, 2.24) is 0 Å². The monoisotopic (exact) mass is 196 g/mol. The van der Waals surface area contributed by atoms with Crippen LogP contribution in [0.3, 0.4) is 0 Å². The van der Waals surface area contributed by atoms with Crippen LogP contribution in [0.4, 0.5) is 0 Å². The largest absolute Gasteiger partial charge is 0.424 e. The van der Waals surface area contributed by atoms with Gasteiger partial charge in [0.05, 0.1) is 0 Å². The quantitative estimate of drug-likeness (QED) is 0.294. The predicted octanol–water partition coefficient (Wildman–Crippen LogP) is 1.38. The van der Waals surface area contributed by atoms with E-state index in [0.717, 1.165) is 32.4 Å². The van der Waals surface area contributed by atoms with Crippen LogP contribution in [0.15, 0.2) is 23.5 Å². The van der Waals surface area contributed by atoms with Crippen LogP contribution in [0.25, 0.3) is 0 Å². The Balaban J connectivity index is 2.56. The second kappa shape index (κ2) is 4.62. The van der Waals surface area contributed by atoms with Crippen LogP contribution in [0, 0.1) is 0 Å². The third kappa shape index (κ3) is 2.44. The minimum absolute atomic E-state index is 0.193. The van der Waals surface area contributed by atoms with E-state index in [4.69, 9.17) is 4.74 Å². The summed E-state index contributed by atoms with van der Waals surface area (Å²) >= 11 is 0. The molecule has 0 spiro atoms. The first-order valence-corrected chi connectivity index (χ1v) is 6.13. The summed E-state index contributed by atoms with van der Waals surface area (Å²) in [5.41, 5.74) is 1.76. The molecule has 0 aromatic heterocycles. The molecule has 0 amide bonds. The van der Waals surface area contributed by atoms with E-state index in [9.17, 15) is 4.79 Å². The number of cyclic esters (lactones) is 1. The first-order valence-electron chi connectivity index (χ1n) is 4.42. The van der Waals surface area contributed by atoms with Gasteiger partial charge in [-0.1, -0.05) is 6.58 Å². The molecule has 1 aliphatic heterocycles. The summed E-state index contributed by atoms with van der Waals surface area (Å²) in [5.74, 6) is 0.334. The van der Waals surface area contributed by atoms with Crippen molar-refractivity contribution in [3.05, 3.63) is 23.5 Å². The SMILES string of the molecule is BPCCCC1=C(C)C(=C)OC1=O. The number of rotatable bonds is 4. The van der Waals surface area contributed by atoms with Gasteiger partial charge in [-0.05, 0) is 25.9 Å². The molecular weight excluding hydrogens is 182 g/mol. The molecule has 0 fully saturated rings. The second-order valence-corrected chi connectivity index (χ2v) is 4.33. The Morgan fingerprint density at radius 2 is 2.31 bits per heavy atom. The van der Waals surface area contributed by atoms with Crippen LogP contribution in [0.2, 0.25) is 0 Å². The fourth-order valence-electron chi connectivity index (χ4n) is 1.30. The van der Waals surface area contributed by atoms with Crippen molar-refractivity contribution in [3.8, 4) is 0 Å². The van der Waals surface area contributed by atoms with Gasteiger partial charge in [0.1, 0.15) is 13.3 Å². The Morgan fingerprint density at radius 1 is 1.62 bits per heavy atom. The maximum Gasteiger partial charge on any atom is 0.339 e. The van der Waals surface area contributed by atoms with Crippen molar-refractivity contribution >= 4 is 22.0 Å². The molecule has 70 valence electrons. The van der Waals surface area contributed by atoms with Crippen molar-refractivity contribution in [3.63, 3.8) is 0 Å². The number of allylic oxidation sites excluding steroid dienone is 1. The van der Waals surface area contributed by atoms with E-state index in [1.54, 1.807) is 0 Å². The number of esters is 1. The number of hydrogen-bond acceptors (Lipinski definition) is 2. The molecule has 0 radical (unpaired) electrons. The van der Waals surface area contributed by atoms with Gasteiger partial charge in [0.15, 0.2) is 0 Å². The van der Waals surface area contributed by atoms with Gasteiger partial charge in [-0.15, -0.1) is 0 Å². The molecule has 1 aliphatic rings. The number of carbonyl (C=O) groups is 1. The number of hydrogen-bond donors (Lipinski definition) is 0. The average Bonchev–Trinajstić information content (AvgIpc) is 2.32. The van der Waals surface area contributed by atoms with Crippen LogP contribution >= 0.6 is 8.46 Å². The van der Waals surface area contributed by atoms with E-state index >= 15 is 0 Å². The van der Waals surface area contributed by atoms with Gasteiger partial charge in [-0.3, -0.25) is 0 Å². The summed E-state index contributed by atoms with van der Waals surface area (Å²) in [7, 11) is 3.14. The van der Waals surface area contributed by atoms with Crippen molar-refractivity contribution in [1.29, 1.82) is 0 Å². The average molecular weight is 196 g/mol. The predicted molar refractivity (Wildman–Crippen MR) is 58.9 cm³/mol. The summed E-state index contributed by atoms with van der Waals surface area (Å²) in [4.78, 5) is 11.3. The first kappa shape index (κ1) is 10.5. The smallest absolute Gasteiger partial charge is 0.339 e. The zero-order chi connectivity index (χ0) is 9.84. The molecule has 0 saturated heterocycles. The third-order valence-electron chi connectivity index (χ3n) is 2.19. The Bertz CT molecular complexity index is 271.